The molecule has 2 N–H and O–H groups in total. The van der Waals surface area contributed by atoms with E-state index in [1.54, 1.807) is 19.3 Å². The van der Waals surface area contributed by atoms with Crippen LogP contribution in [-0.4, -0.2) is 42.7 Å². The van der Waals surface area contributed by atoms with Gasteiger partial charge in [0.2, 0.25) is 0 Å². The summed E-state index contributed by atoms with van der Waals surface area (Å²) in [4.78, 5) is 21.0. The Labute approximate surface area is 135 Å². The standard InChI is InChI=1S/C17H20N4O2/c1-3-9-19-17(22)14-12-15(18-10-11-23-2)21-16(20-14)13-7-5-4-6-8-13/h3-8,12H,1,9-11H2,2H3,(H,19,22)(H,18,20,21). The summed E-state index contributed by atoms with van der Waals surface area (Å²) in [6.07, 6.45) is 1.62. The zero-order chi connectivity index (χ0) is 16.5. The number of carbonyl (C=O) groups excluding carboxylic acids is 1. The Bertz CT molecular complexity index is 659. The lowest BCUT2D eigenvalue weighted by Crippen LogP contribution is -2.25. The molecule has 2 rings (SSSR count). The number of nitrogens with one attached hydrogen (secondary N) is 2. The molecule has 1 amide bonds. The highest BCUT2D eigenvalue weighted by Crippen LogP contribution is 2.17. The topological polar surface area (TPSA) is 76.1 Å². The third-order valence-electron chi connectivity index (χ3n) is 3.01. The van der Waals surface area contributed by atoms with E-state index in [0.29, 0.717) is 37.0 Å². The van der Waals surface area contributed by atoms with Crippen molar-refractivity contribution in [2.75, 3.05) is 32.1 Å². The molecule has 0 aliphatic rings. The fourth-order valence-electron chi connectivity index (χ4n) is 1.91. The Morgan fingerprint density at radius 3 is 2.78 bits per heavy atom. The van der Waals surface area contributed by atoms with E-state index in [9.17, 15) is 4.79 Å². The Morgan fingerprint density at radius 2 is 2.09 bits per heavy atom. The van der Waals surface area contributed by atoms with Crippen molar-refractivity contribution in [3.63, 3.8) is 0 Å². The third kappa shape index (κ3) is 4.89. The van der Waals surface area contributed by atoms with Crippen molar-refractivity contribution in [1.82, 2.24) is 15.3 Å². The zero-order valence-electron chi connectivity index (χ0n) is 13.1. The maximum absolute atomic E-state index is 12.2. The number of nitrogens with zero attached hydrogens (tertiary/aromatic N) is 2. The molecule has 0 spiro atoms. The van der Waals surface area contributed by atoms with E-state index in [2.05, 4.69) is 27.2 Å². The van der Waals surface area contributed by atoms with E-state index in [-0.39, 0.29) is 5.91 Å². The second-order valence-corrected chi connectivity index (χ2v) is 4.75. The third-order valence-corrected chi connectivity index (χ3v) is 3.01. The van der Waals surface area contributed by atoms with Gasteiger partial charge in [0.05, 0.1) is 6.61 Å². The molecule has 0 saturated heterocycles. The average Bonchev–Trinajstić information content (AvgIpc) is 2.60. The van der Waals surface area contributed by atoms with E-state index in [1.807, 2.05) is 30.3 Å². The molecule has 0 aliphatic carbocycles. The van der Waals surface area contributed by atoms with Crippen LogP contribution in [0, 0.1) is 0 Å². The second kappa shape index (κ2) is 8.65. The van der Waals surface area contributed by atoms with E-state index >= 15 is 0 Å². The van der Waals surface area contributed by atoms with Crippen LogP contribution in [0.4, 0.5) is 5.82 Å². The van der Waals surface area contributed by atoms with Crippen molar-refractivity contribution in [1.29, 1.82) is 0 Å². The van der Waals surface area contributed by atoms with Gasteiger partial charge < -0.3 is 15.4 Å². The first-order chi connectivity index (χ1) is 11.2. The smallest absolute Gasteiger partial charge is 0.270 e. The first-order valence-electron chi connectivity index (χ1n) is 7.31. The van der Waals surface area contributed by atoms with Crippen LogP contribution in [0.25, 0.3) is 11.4 Å². The molecule has 23 heavy (non-hydrogen) atoms. The molecular formula is C17H20N4O2. The molecule has 0 aliphatic heterocycles. The first kappa shape index (κ1) is 16.6. The van der Waals surface area contributed by atoms with Crippen molar-refractivity contribution in [2.24, 2.45) is 0 Å². The van der Waals surface area contributed by atoms with Crippen molar-refractivity contribution < 1.29 is 9.53 Å². The number of ether oxygens (including phenoxy) is 1. The number of carbonyl (C=O) groups is 1. The molecule has 1 aromatic carbocycles. The molecule has 2 aromatic rings. The molecule has 1 heterocycles. The molecule has 0 unspecified atom stereocenters. The predicted octanol–water partition coefficient (Wildman–Crippen LogP) is 2.12. The molecule has 6 heteroatoms. The maximum atomic E-state index is 12.2. The van der Waals surface area contributed by atoms with Gasteiger partial charge in [-0.2, -0.15) is 0 Å². The number of methoxy groups -OCH3 is 1. The van der Waals surface area contributed by atoms with Gasteiger partial charge in [-0.15, -0.1) is 6.58 Å². The van der Waals surface area contributed by atoms with Crippen LogP contribution in [0.3, 0.4) is 0 Å². The van der Waals surface area contributed by atoms with Crippen LogP contribution in [0.15, 0.2) is 49.1 Å². The van der Waals surface area contributed by atoms with Crippen molar-refractivity contribution in [2.45, 2.75) is 0 Å². The lowest BCUT2D eigenvalue weighted by atomic mass is 10.2. The number of hydrogen-bond donors (Lipinski definition) is 2. The van der Waals surface area contributed by atoms with Gasteiger partial charge in [0, 0.05) is 31.8 Å². The van der Waals surface area contributed by atoms with Gasteiger partial charge in [0.1, 0.15) is 11.5 Å². The van der Waals surface area contributed by atoms with Gasteiger partial charge >= 0.3 is 0 Å². The number of aromatic nitrogens is 2. The fraction of sp³-hybridized carbons (Fsp3) is 0.235. The summed E-state index contributed by atoms with van der Waals surface area (Å²) in [7, 11) is 1.63. The summed E-state index contributed by atoms with van der Waals surface area (Å²) >= 11 is 0. The molecule has 120 valence electrons. The average molecular weight is 312 g/mol. The molecule has 0 fully saturated rings. The van der Waals surface area contributed by atoms with E-state index in [4.69, 9.17) is 4.74 Å². The number of hydrogen-bond acceptors (Lipinski definition) is 5. The van der Waals surface area contributed by atoms with E-state index in [1.165, 1.54) is 0 Å². The van der Waals surface area contributed by atoms with Crippen LogP contribution < -0.4 is 10.6 Å². The summed E-state index contributed by atoms with van der Waals surface area (Å²) < 4.78 is 5.01. The lowest BCUT2D eigenvalue weighted by molar-refractivity contribution is 0.0953. The van der Waals surface area contributed by atoms with Gasteiger partial charge in [-0.25, -0.2) is 9.97 Å². The fourth-order valence-corrected chi connectivity index (χ4v) is 1.91. The predicted molar refractivity (Wildman–Crippen MR) is 90.4 cm³/mol. The zero-order valence-corrected chi connectivity index (χ0v) is 13.1. The Hall–Kier alpha value is -2.73. The van der Waals surface area contributed by atoms with Crippen molar-refractivity contribution in [3.05, 3.63) is 54.7 Å². The SMILES string of the molecule is C=CCNC(=O)c1cc(NCCOC)nc(-c2ccccc2)n1. The van der Waals surface area contributed by atoms with Gasteiger partial charge in [0.15, 0.2) is 5.82 Å². The Morgan fingerprint density at radius 1 is 1.30 bits per heavy atom. The molecular weight excluding hydrogens is 292 g/mol. The lowest BCUT2D eigenvalue weighted by Gasteiger charge is -2.10. The molecule has 0 bridgehead atoms. The highest BCUT2D eigenvalue weighted by molar-refractivity contribution is 5.93. The largest absolute Gasteiger partial charge is 0.383 e. The summed E-state index contributed by atoms with van der Waals surface area (Å²) in [6.45, 7) is 5.11. The van der Waals surface area contributed by atoms with Gasteiger partial charge in [-0.05, 0) is 0 Å². The number of amides is 1. The summed E-state index contributed by atoms with van der Waals surface area (Å²) in [6, 6.07) is 11.2. The van der Waals surface area contributed by atoms with Gasteiger partial charge in [-0.3, -0.25) is 4.79 Å². The number of anilines is 1. The van der Waals surface area contributed by atoms with Crippen LogP contribution >= 0.6 is 0 Å². The molecule has 0 saturated carbocycles. The Kier molecular flexibility index (Phi) is 6.26. The normalized spacial score (nSPS) is 10.1. The minimum Gasteiger partial charge on any atom is -0.383 e. The van der Waals surface area contributed by atoms with Gasteiger partial charge in [-0.1, -0.05) is 36.4 Å². The van der Waals surface area contributed by atoms with Crippen LogP contribution in [0.1, 0.15) is 10.5 Å². The second-order valence-electron chi connectivity index (χ2n) is 4.75. The summed E-state index contributed by atoms with van der Waals surface area (Å²) in [5, 5.41) is 5.85. The highest BCUT2D eigenvalue weighted by atomic mass is 16.5. The minimum absolute atomic E-state index is 0.265. The molecule has 6 nitrogen and oxygen atoms in total. The monoisotopic (exact) mass is 312 g/mol. The highest BCUT2D eigenvalue weighted by Gasteiger charge is 2.12. The van der Waals surface area contributed by atoms with Crippen LogP contribution in [0.5, 0.6) is 0 Å². The minimum atomic E-state index is -0.265. The number of rotatable bonds is 8. The maximum Gasteiger partial charge on any atom is 0.270 e. The van der Waals surface area contributed by atoms with E-state index in [0.717, 1.165) is 5.56 Å². The molecule has 0 radical (unpaired) electrons. The van der Waals surface area contributed by atoms with Crippen LogP contribution in [0.2, 0.25) is 0 Å². The van der Waals surface area contributed by atoms with Crippen molar-refractivity contribution >= 4 is 11.7 Å². The Balaban J connectivity index is 2.31. The quantitative estimate of drug-likeness (QED) is 0.577. The molecule has 1 aromatic heterocycles. The number of benzene rings is 1. The van der Waals surface area contributed by atoms with Crippen LogP contribution in [-0.2, 0) is 4.74 Å². The summed E-state index contributed by atoms with van der Waals surface area (Å²) in [5.41, 5.74) is 1.15. The first-order valence-corrected chi connectivity index (χ1v) is 7.31. The molecule has 0 atom stereocenters. The van der Waals surface area contributed by atoms with E-state index < -0.39 is 0 Å². The van der Waals surface area contributed by atoms with Crippen molar-refractivity contribution in [3.8, 4) is 11.4 Å². The van der Waals surface area contributed by atoms with Gasteiger partial charge in [0.25, 0.3) is 5.91 Å². The summed E-state index contributed by atoms with van der Waals surface area (Å²) in [5.74, 6) is 0.815.